The van der Waals surface area contributed by atoms with Crippen LogP contribution in [-0.2, 0) is 4.74 Å². The van der Waals surface area contributed by atoms with Gasteiger partial charge in [0.05, 0.1) is 25.1 Å². The molecule has 0 unspecified atom stereocenters. The normalized spacial score (nSPS) is 10.4. The van der Waals surface area contributed by atoms with Crippen molar-refractivity contribution in [3.63, 3.8) is 0 Å². The van der Waals surface area contributed by atoms with Gasteiger partial charge in [0.2, 0.25) is 0 Å². The van der Waals surface area contributed by atoms with Gasteiger partial charge in [-0.25, -0.2) is 0 Å². The van der Waals surface area contributed by atoms with E-state index in [-0.39, 0.29) is 13.2 Å². The van der Waals surface area contributed by atoms with Gasteiger partial charge in [0.25, 0.3) is 0 Å². The third kappa shape index (κ3) is 10.6. The van der Waals surface area contributed by atoms with E-state index >= 15 is 0 Å². The zero-order valence-electron chi connectivity index (χ0n) is 6.36. The zero-order chi connectivity index (χ0) is 8.36. The van der Waals surface area contributed by atoms with Crippen LogP contribution in [0, 0.1) is 0 Å². The molecular formula is C6H14O3S2. The third-order valence-corrected chi connectivity index (χ3v) is 2.41. The van der Waals surface area contributed by atoms with Crippen molar-refractivity contribution in [2.75, 3.05) is 36.6 Å². The standard InChI is InChI=1S/C6H14O3S2/c7-1-3-10-5-9-6-11-4-2-8/h7-8H,1-6H2/i1+1,2+1,3+1,4+1. The van der Waals surface area contributed by atoms with Gasteiger partial charge >= 0.3 is 0 Å². The van der Waals surface area contributed by atoms with Gasteiger partial charge in [-0.15, -0.1) is 23.5 Å². The summed E-state index contributed by atoms with van der Waals surface area (Å²) in [5.74, 6) is 2.70. The molecule has 0 amide bonds. The maximum absolute atomic E-state index is 8.39. The number of ether oxygens (including phenoxy) is 1. The molecule has 2 N–H and O–H groups in total. The molecule has 0 saturated carbocycles. The molecule has 0 aromatic rings. The van der Waals surface area contributed by atoms with Crippen molar-refractivity contribution in [1.82, 2.24) is 0 Å². The third-order valence-electron chi connectivity index (χ3n) is 0.805. The minimum absolute atomic E-state index is 0.206. The Hall–Kier alpha value is 0.580. The second-order valence-electron chi connectivity index (χ2n) is 1.70. The van der Waals surface area contributed by atoms with Gasteiger partial charge < -0.3 is 14.9 Å². The Morgan fingerprint density at radius 2 is 1.36 bits per heavy atom. The van der Waals surface area contributed by atoms with Crippen molar-refractivity contribution >= 4 is 23.5 Å². The van der Waals surface area contributed by atoms with Gasteiger partial charge in [0.15, 0.2) is 0 Å². The monoisotopic (exact) mass is 202 g/mol. The number of aliphatic hydroxyl groups excluding tert-OH is 2. The van der Waals surface area contributed by atoms with Gasteiger partial charge in [-0.05, 0) is 0 Å². The molecule has 5 heteroatoms. The van der Waals surface area contributed by atoms with Gasteiger partial charge in [-0.2, -0.15) is 0 Å². The van der Waals surface area contributed by atoms with Gasteiger partial charge in [0, 0.05) is 11.5 Å². The van der Waals surface area contributed by atoms with E-state index in [1.165, 1.54) is 0 Å². The Balaban J connectivity index is 2.69. The van der Waals surface area contributed by atoms with Crippen LogP contribution in [0.15, 0.2) is 0 Å². The first-order valence-corrected chi connectivity index (χ1v) is 5.67. The Labute approximate surface area is 75.5 Å². The lowest BCUT2D eigenvalue weighted by Crippen LogP contribution is -1.95. The minimum atomic E-state index is 0.206. The summed E-state index contributed by atoms with van der Waals surface area (Å²) in [4.78, 5) is 0. The summed E-state index contributed by atoms with van der Waals surface area (Å²) in [5, 5.41) is 16.8. The molecule has 0 radical (unpaired) electrons. The fourth-order valence-electron chi connectivity index (χ4n) is 0.399. The van der Waals surface area contributed by atoms with Crippen molar-refractivity contribution in [2.45, 2.75) is 0 Å². The minimum Gasteiger partial charge on any atom is -0.396 e. The SMILES string of the molecule is O[13CH2][13CH2]SCOCS[13CH2][13CH2]O. The van der Waals surface area contributed by atoms with Crippen LogP contribution < -0.4 is 0 Å². The van der Waals surface area contributed by atoms with E-state index in [1.807, 2.05) is 0 Å². The lowest BCUT2D eigenvalue weighted by atomic mass is 11.5. The van der Waals surface area contributed by atoms with E-state index in [0.717, 1.165) is 11.5 Å². The van der Waals surface area contributed by atoms with Crippen molar-refractivity contribution in [3.05, 3.63) is 0 Å². The molecule has 0 spiro atoms. The predicted molar refractivity (Wildman–Crippen MR) is 49.9 cm³/mol. The van der Waals surface area contributed by atoms with E-state index in [9.17, 15) is 0 Å². The smallest absolute Gasteiger partial charge is 0.0933 e. The van der Waals surface area contributed by atoms with Crippen LogP contribution in [0.25, 0.3) is 0 Å². The number of hydrogen-bond acceptors (Lipinski definition) is 5. The Morgan fingerprint density at radius 3 is 1.73 bits per heavy atom. The van der Waals surface area contributed by atoms with Crippen molar-refractivity contribution < 1.29 is 14.9 Å². The van der Waals surface area contributed by atoms with Gasteiger partial charge in [-0.3, -0.25) is 0 Å². The fourth-order valence-corrected chi connectivity index (χ4v) is 1.40. The first-order valence-electron chi connectivity index (χ1n) is 3.36. The molecule has 11 heavy (non-hydrogen) atoms. The molecule has 0 aliphatic rings. The number of aliphatic hydroxyl groups is 2. The highest BCUT2D eigenvalue weighted by Gasteiger charge is 1.88. The highest BCUT2D eigenvalue weighted by Crippen LogP contribution is 2.03. The second-order valence-corrected chi connectivity index (χ2v) is 3.81. The first kappa shape index (κ1) is 11.6. The molecule has 0 aliphatic carbocycles. The fraction of sp³-hybridized carbons (Fsp3) is 1.00. The molecule has 0 aliphatic heterocycles. The summed E-state index contributed by atoms with van der Waals surface area (Å²) in [6.45, 7) is 0.412. The summed E-state index contributed by atoms with van der Waals surface area (Å²) >= 11 is 3.13. The van der Waals surface area contributed by atoms with E-state index in [4.69, 9.17) is 14.9 Å². The van der Waals surface area contributed by atoms with Crippen molar-refractivity contribution in [1.29, 1.82) is 0 Å². The molecule has 68 valence electrons. The highest BCUT2D eigenvalue weighted by atomic mass is 32.2. The Bertz CT molecular complexity index is 64.8. The molecule has 3 nitrogen and oxygen atoms in total. The lowest BCUT2D eigenvalue weighted by Gasteiger charge is -2.01. The van der Waals surface area contributed by atoms with E-state index in [2.05, 4.69) is 0 Å². The summed E-state index contributed by atoms with van der Waals surface area (Å²) < 4.78 is 5.14. The molecule has 0 rings (SSSR count). The van der Waals surface area contributed by atoms with Crippen LogP contribution >= 0.6 is 23.5 Å². The molecular weight excluding hydrogens is 188 g/mol. The number of rotatable bonds is 8. The van der Waals surface area contributed by atoms with Gasteiger partial charge in [0.1, 0.15) is 0 Å². The first-order chi connectivity index (χ1) is 5.41. The van der Waals surface area contributed by atoms with Crippen LogP contribution in [0.4, 0.5) is 0 Å². The van der Waals surface area contributed by atoms with E-state index in [0.29, 0.717) is 11.9 Å². The molecule has 0 aromatic heterocycles. The van der Waals surface area contributed by atoms with Crippen molar-refractivity contribution in [3.8, 4) is 0 Å². The zero-order valence-corrected chi connectivity index (χ0v) is 7.99. The average Bonchev–Trinajstić information content (AvgIpc) is 2.03. The largest absolute Gasteiger partial charge is 0.396 e. The quantitative estimate of drug-likeness (QED) is 0.338. The molecule has 0 heterocycles. The van der Waals surface area contributed by atoms with Crippen LogP contribution in [-0.4, -0.2) is 46.8 Å². The van der Waals surface area contributed by atoms with Crippen LogP contribution in [0.3, 0.4) is 0 Å². The van der Waals surface area contributed by atoms with E-state index < -0.39 is 0 Å². The Morgan fingerprint density at radius 1 is 0.909 bits per heavy atom. The van der Waals surface area contributed by atoms with Crippen LogP contribution in [0.1, 0.15) is 0 Å². The number of hydrogen-bond donors (Lipinski definition) is 2. The van der Waals surface area contributed by atoms with Crippen LogP contribution in [0.2, 0.25) is 0 Å². The van der Waals surface area contributed by atoms with Crippen molar-refractivity contribution in [2.24, 2.45) is 0 Å². The molecule has 0 saturated heterocycles. The molecule has 0 atom stereocenters. The van der Waals surface area contributed by atoms with Gasteiger partial charge in [-0.1, -0.05) is 0 Å². The maximum Gasteiger partial charge on any atom is 0.0933 e. The summed E-state index contributed by atoms with van der Waals surface area (Å²) in [7, 11) is 0. The molecule has 0 fully saturated rings. The summed E-state index contributed by atoms with van der Waals surface area (Å²) in [6, 6.07) is 0. The highest BCUT2D eigenvalue weighted by molar-refractivity contribution is 7.99. The maximum atomic E-state index is 8.39. The van der Waals surface area contributed by atoms with Crippen LogP contribution in [0.5, 0.6) is 0 Å². The average molecular weight is 202 g/mol. The number of thioether (sulfide) groups is 2. The van der Waals surface area contributed by atoms with E-state index in [1.54, 1.807) is 23.5 Å². The molecule has 0 bridgehead atoms. The predicted octanol–water partition coefficient (Wildman–Crippen LogP) is 0.369. The molecule has 0 aromatic carbocycles. The summed E-state index contributed by atoms with van der Waals surface area (Å²) in [5.41, 5.74) is 0. The second kappa shape index (κ2) is 10.6. The summed E-state index contributed by atoms with van der Waals surface area (Å²) in [6.07, 6.45) is 0. The topological polar surface area (TPSA) is 49.7 Å². The lowest BCUT2D eigenvalue weighted by molar-refractivity contribution is 0.239. The Kier molecular flexibility index (Phi) is 11.1.